The van der Waals surface area contributed by atoms with Crippen molar-refractivity contribution < 1.29 is 14.6 Å². The molecule has 0 aliphatic rings. The number of methoxy groups -OCH3 is 1. The third-order valence-corrected chi connectivity index (χ3v) is 3.86. The fourth-order valence-corrected chi connectivity index (χ4v) is 2.48. The largest absolute Gasteiger partial charge is 0.497 e. The summed E-state index contributed by atoms with van der Waals surface area (Å²) in [6.45, 7) is 5.45. The maximum Gasteiger partial charge on any atom is 0.128 e. The molecule has 136 valence electrons. The van der Waals surface area contributed by atoms with Crippen LogP contribution in [0.25, 0.3) is 0 Å². The Morgan fingerprint density at radius 1 is 1.12 bits per heavy atom. The molecule has 0 amide bonds. The van der Waals surface area contributed by atoms with E-state index < -0.39 is 0 Å². The Kier molecular flexibility index (Phi) is 6.95. The minimum atomic E-state index is 0.104. The van der Waals surface area contributed by atoms with Gasteiger partial charge in [-0.1, -0.05) is 0 Å². The second-order valence-corrected chi connectivity index (χ2v) is 6.19. The van der Waals surface area contributed by atoms with Gasteiger partial charge in [-0.3, -0.25) is 0 Å². The summed E-state index contributed by atoms with van der Waals surface area (Å²) in [6.07, 6.45) is 0.104. The second kappa shape index (κ2) is 9.18. The molecule has 0 aromatic heterocycles. The Morgan fingerprint density at radius 3 is 2.44 bits per heavy atom. The molecule has 0 radical (unpaired) electrons. The maximum atomic E-state index is 9.01. The monoisotopic (exact) mass is 344 g/mol. The zero-order valence-corrected chi connectivity index (χ0v) is 15.5. The van der Waals surface area contributed by atoms with Crippen LogP contribution >= 0.6 is 0 Å². The lowest BCUT2D eigenvalue weighted by atomic mass is 10.1. The molecule has 0 fully saturated rings. The molecule has 5 nitrogen and oxygen atoms in total. The molecule has 0 atom stereocenters. The van der Waals surface area contributed by atoms with Gasteiger partial charge in [0, 0.05) is 43.1 Å². The predicted octanol–water partition coefficient (Wildman–Crippen LogP) is 3.52. The normalized spacial score (nSPS) is 10.6. The third kappa shape index (κ3) is 5.57. The van der Waals surface area contributed by atoms with Gasteiger partial charge in [-0.05, 0) is 50.2 Å². The molecule has 0 unspecified atom stereocenters. The van der Waals surface area contributed by atoms with Crippen LogP contribution in [0.3, 0.4) is 0 Å². The van der Waals surface area contributed by atoms with E-state index in [-0.39, 0.29) is 12.7 Å². The standard InChI is InChI=1S/C20H28N2O3/c1-15(2)25-20-13-19(24-4)10-5-16(20)14-21-17-6-8-18(9-7-17)22(3)11-12-23/h5-10,13,15,21,23H,11-12,14H2,1-4H3. The van der Waals surface area contributed by atoms with E-state index in [0.717, 1.165) is 28.4 Å². The topological polar surface area (TPSA) is 54.0 Å². The zero-order chi connectivity index (χ0) is 18.2. The first kappa shape index (κ1) is 18.9. The van der Waals surface area contributed by atoms with E-state index in [4.69, 9.17) is 14.6 Å². The van der Waals surface area contributed by atoms with Gasteiger partial charge in [0.25, 0.3) is 0 Å². The quantitative estimate of drug-likeness (QED) is 0.729. The first-order valence-corrected chi connectivity index (χ1v) is 8.53. The number of aliphatic hydroxyl groups is 1. The predicted molar refractivity (Wildman–Crippen MR) is 103 cm³/mol. The van der Waals surface area contributed by atoms with Crippen LogP contribution in [0.5, 0.6) is 11.5 Å². The van der Waals surface area contributed by atoms with E-state index in [2.05, 4.69) is 5.32 Å². The number of ether oxygens (including phenoxy) is 2. The smallest absolute Gasteiger partial charge is 0.128 e. The summed E-state index contributed by atoms with van der Waals surface area (Å²) < 4.78 is 11.2. The van der Waals surface area contributed by atoms with Crippen molar-refractivity contribution in [1.82, 2.24) is 0 Å². The number of nitrogens with zero attached hydrogens (tertiary/aromatic N) is 1. The highest BCUT2D eigenvalue weighted by molar-refractivity contribution is 5.55. The second-order valence-electron chi connectivity index (χ2n) is 6.19. The van der Waals surface area contributed by atoms with Crippen molar-refractivity contribution in [2.24, 2.45) is 0 Å². The van der Waals surface area contributed by atoms with Gasteiger partial charge in [-0.2, -0.15) is 0 Å². The summed E-state index contributed by atoms with van der Waals surface area (Å²) in [6, 6.07) is 14.0. The molecule has 0 aliphatic carbocycles. The van der Waals surface area contributed by atoms with Gasteiger partial charge in [0.1, 0.15) is 11.5 Å². The van der Waals surface area contributed by atoms with Crippen LogP contribution in [-0.2, 0) is 6.54 Å². The van der Waals surface area contributed by atoms with Crippen molar-refractivity contribution in [1.29, 1.82) is 0 Å². The molecule has 5 heteroatoms. The number of hydrogen-bond acceptors (Lipinski definition) is 5. The van der Waals surface area contributed by atoms with Gasteiger partial charge in [0.2, 0.25) is 0 Å². The molecule has 2 N–H and O–H groups in total. The van der Waals surface area contributed by atoms with E-state index in [1.54, 1.807) is 7.11 Å². The van der Waals surface area contributed by atoms with E-state index in [1.165, 1.54) is 0 Å². The van der Waals surface area contributed by atoms with Crippen LogP contribution in [0, 0.1) is 0 Å². The summed E-state index contributed by atoms with van der Waals surface area (Å²) in [7, 11) is 3.62. The lowest BCUT2D eigenvalue weighted by Gasteiger charge is -2.19. The number of hydrogen-bond donors (Lipinski definition) is 2. The number of rotatable bonds is 9. The van der Waals surface area contributed by atoms with Crippen molar-refractivity contribution in [3.63, 3.8) is 0 Å². The average molecular weight is 344 g/mol. The summed E-state index contributed by atoms with van der Waals surface area (Å²) in [5.74, 6) is 1.62. The first-order chi connectivity index (χ1) is 12.0. The molecule has 0 saturated heterocycles. The number of likely N-dealkylation sites (N-methyl/N-ethyl adjacent to an activating group) is 1. The van der Waals surface area contributed by atoms with Gasteiger partial charge in [-0.15, -0.1) is 0 Å². The molecule has 0 bridgehead atoms. The van der Waals surface area contributed by atoms with Crippen molar-refractivity contribution >= 4 is 11.4 Å². The average Bonchev–Trinajstić information content (AvgIpc) is 2.60. The van der Waals surface area contributed by atoms with E-state index in [0.29, 0.717) is 13.1 Å². The maximum absolute atomic E-state index is 9.01. The van der Waals surface area contributed by atoms with Crippen LogP contribution in [0.15, 0.2) is 42.5 Å². The summed E-state index contributed by atoms with van der Waals surface area (Å²) in [4.78, 5) is 2.02. The Balaban J connectivity index is 2.05. The lowest BCUT2D eigenvalue weighted by Crippen LogP contribution is -2.20. The number of nitrogens with one attached hydrogen (secondary N) is 1. The molecule has 0 saturated carbocycles. The summed E-state index contributed by atoms with van der Waals surface area (Å²) in [5, 5.41) is 12.4. The van der Waals surface area contributed by atoms with E-state index in [9.17, 15) is 0 Å². The number of benzene rings is 2. The lowest BCUT2D eigenvalue weighted by molar-refractivity contribution is 0.239. The molecule has 2 aromatic rings. The van der Waals surface area contributed by atoms with E-state index in [1.807, 2.05) is 68.3 Å². The van der Waals surface area contributed by atoms with Crippen LogP contribution in [-0.4, -0.2) is 38.5 Å². The first-order valence-electron chi connectivity index (χ1n) is 8.53. The molecular formula is C20H28N2O3. The molecule has 2 aromatic carbocycles. The van der Waals surface area contributed by atoms with Crippen LogP contribution in [0.2, 0.25) is 0 Å². The highest BCUT2D eigenvalue weighted by atomic mass is 16.5. The minimum Gasteiger partial charge on any atom is -0.497 e. The highest BCUT2D eigenvalue weighted by Crippen LogP contribution is 2.27. The van der Waals surface area contributed by atoms with Crippen molar-refractivity contribution in [3.05, 3.63) is 48.0 Å². The van der Waals surface area contributed by atoms with Gasteiger partial charge in [0.15, 0.2) is 0 Å². The van der Waals surface area contributed by atoms with Crippen LogP contribution in [0.4, 0.5) is 11.4 Å². The summed E-state index contributed by atoms with van der Waals surface area (Å²) >= 11 is 0. The minimum absolute atomic E-state index is 0.104. The van der Waals surface area contributed by atoms with Gasteiger partial charge >= 0.3 is 0 Å². The van der Waals surface area contributed by atoms with Crippen LogP contribution < -0.4 is 19.7 Å². The molecule has 0 spiro atoms. The number of aliphatic hydroxyl groups excluding tert-OH is 1. The van der Waals surface area contributed by atoms with Crippen molar-refractivity contribution in [2.75, 3.05) is 37.5 Å². The Labute approximate surface area is 150 Å². The fourth-order valence-electron chi connectivity index (χ4n) is 2.48. The molecule has 0 heterocycles. The highest BCUT2D eigenvalue weighted by Gasteiger charge is 2.08. The van der Waals surface area contributed by atoms with Gasteiger partial charge in [-0.25, -0.2) is 0 Å². The summed E-state index contributed by atoms with van der Waals surface area (Å²) in [5.41, 5.74) is 3.19. The van der Waals surface area contributed by atoms with E-state index >= 15 is 0 Å². The molecule has 0 aliphatic heterocycles. The molecule has 2 rings (SSSR count). The van der Waals surface area contributed by atoms with Crippen LogP contribution in [0.1, 0.15) is 19.4 Å². The third-order valence-electron chi connectivity index (χ3n) is 3.86. The molecular weight excluding hydrogens is 316 g/mol. The SMILES string of the molecule is COc1ccc(CNc2ccc(N(C)CCO)cc2)c(OC(C)C)c1. The Hall–Kier alpha value is -2.40. The van der Waals surface area contributed by atoms with Gasteiger partial charge in [0.05, 0.1) is 19.8 Å². The Bertz CT molecular complexity index is 656. The van der Waals surface area contributed by atoms with Crippen molar-refractivity contribution in [2.45, 2.75) is 26.5 Å². The Morgan fingerprint density at radius 2 is 1.84 bits per heavy atom. The molecule has 25 heavy (non-hydrogen) atoms. The fraction of sp³-hybridized carbons (Fsp3) is 0.400. The van der Waals surface area contributed by atoms with Gasteiger partial charge < -0.3 is 24.8 Å². The zero-order valence-electron chi connectivity index (χ0n) is 15.5. The number of anilines is 2. The van der Waals surface area contributed by atoms with Crippen molar-refractivity contribution in [3.8, 4) is 11.5 Å².